The van der Waals surface area contributed by atoms with Gasteiger partial charge in [0.25, 0.3) is 10.0 Å². The third kappa shape index (κ3) is 2.82. The van der Waals surface area contributed by atoms with E-state index in [0.717, 1.165) is 0 Å². The molecule has 9 heteroatoms. The van der Waals surface area contributed by atoms with Gasteiger partial charge >= 0.3 is 5.97 Å². The van der Waals surface area contributed by atoms with E-state index in [2.05, 4.69) is 9.88 Å². The second-order valence-electron chi connectivity index (χ2n) is 4.37. The Balaban J connectivity index is 2.40. The third-order valence-corrected chi connectivity index (χ3v) is 4.39. The van der Waals surface area contributed by atoms with Crippen molar-refractivity contribution < 1.29 is 22.8 Å². The summed E-state index contributed by atoms with van der Waals surface area (Å²) >= 11 is 0. The van der Waals surface area contributed by atoms with Crippen LogP contribution < -0.4 is 10.5 Å². The van der Waals surface area contributed by atoms with Crippen LogP contribution in [-0.2, 0) is 10.0 Å². The van der Waals surface area contributed by atoms with Crippen LogP contribution in [0, 0.1) is 13.8 Å². The molecule has 1 heterocycles. The minimum Gasteiger partial charge on any atom is -0.478 e. The van der Waals surface area contributed by atoms with Gasteiger partial charge in [0.05, 0.1) is 16.9 Å². The zero-order valence-corrected chi connectivity index (χ0v) is 12.1. The molecule has 0 unspecified atom stereocenters. The van der Waals surface area contributed by atoms with Crippen LogP contribution in [0.4, 0.5) is 11.4 Å². The fourth-order valence-corrected chi connectivity index (χ4v) is 3.26. The number of hydrogen-bond acceptors (Lipinski definition) is 6. The molecule has 0 atom stereocenters. The molecule has 1 aromatic carbocycles. The van der Waals surface area contributed by atoms with E-state index in [1.165, 1.54) is 32.0 Å². The van der Waals surface area contributed by atoms with Gasteiger partial charge in [-0.25, -0.2) is 13.2 Å². The number of rotatable bonds is 4. The Bertz CT molecular complexity index is 791. The molecule has 0 bridgehead atoms. The normalized spacial score (nSPS) is 11.3. The van der Waals surface area contributed by atoms with E-state index in [9.17, 15) is 13.2 Å². The summed E-state index contributed by atoms with van der Waals surface area (Å²) in [6.07, 6.45) is 0. The molecule has 4 N–H and O–H groups in total. The summed E-state index contributed by atoms with van der Waals surface area (Å²) in [4.78, 5) is 10.7. The summed E-state index contributed by atoms with van der Waals surface area (Å²) < 4.78 is 31.7. The lowest BCUT2D eigenvalue weighted by Crippen LogP contribution is -2.15. The van der Waals surface area contributed by atoms with E-state index < -0.39 is 16.0 Å². The van der Waals surface area contributed by atoms with Crippen molar-refractivity contribution in [3.63, 3.8) is 0 Å². The number of aromatic nitrogens is 1. The average molecular weight is 311 g/mol. The molecular weight excluding hydrogens is 298 g/mol. The van der Waals surface area contributed by atoms with E-state index in [0.29, 0.717) is 0 Å². The highest BCUT2D eigenvalue weighted by molar-refractivity contribution is 7.92. The number of sulfonamides is 1. The van der Waals surface area contributed by atoms with Crippen molar-refractivity contribution in [1.29, 1.82) is 0 Å². The third-order valence-electron chi connectivity index (χ3n) is 2.78. The zero-order valence-electron chi connectivity index (χ0n) is 11.2. The highest BCUT2D eigenvalue weighted by atomic mass is 32.2. The van der Waals surface area contributed by atoms with Crippen LogP contribution in [-0.4, -0.2) is 24.7 Å². The number of carbonyl (C=O) groups is 1. The number of nitrogens with two attached hydrogens (primary N) is 1. The minimum absolute atomic E-state index is 0.00485. The molecule has 0 fully saturated rings. The molecule has 8 nitrogen and oxygen atoms in total. The first kappa shape index (κ1) is 14.9. The van der Waals surface area contributed by atoms with Crippen LogP contribution >= 0.6 is 0 Å². The van der Waals surface area contributed by atoms with Gasteiger partial charge in [-0.05, 0) is 32.0 Å². The molecule has 0 aliphatic carbocycles. The maximum atomic E-state index is 12.3. The standard InChI is InChI=1S/C12H13N3O5S/c1-6-11(7(2)20-14-6)21(18,19)15-10-4-3-8(12(16)17)5-9(10)13/h3-5,15H,13H2,1-2H3,(H,16,17). The van der Waals surface area contributed by atoms with Crippen LogP contribution in [0.3, 0.4) is 0 Å². The number of benzene rings is 1. The van der Waals surface area contributed by atoms with Crippen LogP contribution in [0.2, 0.25) is 0 Å². The summed E-state index contributed by atoms with van der Waals surface area (Å²) in [5, 5.41) is 12.4. The van der Waals surface area contributed by atoms with Crippen LogP contribution in [0.15, 0.2) is 27.6 Å². The predicted molar refractivity (Wildman–Crippen MR) is 74.6 cm³/mol. The van der Waals surface area contributed by atoms with Gasteiger partial charge in [0.15, 0.2) is 10.7 Å². The Hall–Kier alpha value is -2.55. The molecule has 0 saturated heterocycles. The first-order valence-corrected chi connectivity index (χ1v) is 7.29. The number of aryl methyl sites for hydroxylation is 2. The number of nitrogens with zero attached hydrogens (tertiary/aromatic N) is 1. The number of nitrogens with one attached hydrogen (secondary N) is 1. The van der Waals surface area contributed by atoms with Gasteiger partial charge in [0, 0.05) is 0 Å². The first-order valence-electron chi connectivity index (χ1n) is 5.81. The second kappa shape index (κ2) is 5.09. The number of hydrogen-bond donors (Lipinski definition) is 3. The molecule has 112 valence electrons. The predicted octanol–water partition coefficient (Wildman–Crippen LogP) is 1.37. The maximum absolute atomic E-state index is 12.3. The number of aromatic carboxylic acids is 1. The van der Waals surface area contributed by atoms with Crippen molar-refractivity contribution in [1.82, 2.24) is 5.16 Å². The second-order valence-corrected chi connectivity index (χ2v) is 5.99. The molecular formula is C12H13N3O5S. The van der Waals surface area contributed by atoms with E-state index in [-0.39, 0.29) is 33.3 Å². The van der Waals surface area contributed by atoms with Crippen molar-refractivity contribution in [3.05, 3.63) is 35.2 Å². The molecule has 0 aliphatic heterocycles. The monoisotopic (exact) mass is 311 g/mol. The summed E-state index contributed by atoms with van der Waals surface area (Å²) in [6.45, 7) is 2.98. The molecule has 0 radical (unpaired) electrons. The van der Waals surface area contributed by atoms with Crippen molar-refractivity contribution >= 4 is 27.4 Å². The Morgan fingerprint density at radius 3 is 2.52 bits per heavy atom. The molecule has 1 aromatic heterocycles. The zero-order chi connectivity index (χ0) is 15.8. The van der Waals surface area contributed by atoms with Crippen LogP contribution in [0.1, 0.15) is 21.8 Å². The van der Waals surface area contributed by atoms with E-state index in [1.807, 2.05) is 0 Å². The smallest absolute Gasteiger partial charge is 0.335 e. The van der Waals surface area contributed by atoms with Gasteiger partial charge in [-0.15, -0.1) is 0 Å². The summed E-state index contributed by atoms with van der Waals surface area (Å²) in [5.41, 5.74) is 5.94. The Labute approximate surface area is 120 Å². The Morgan fingerprint density at radius 1 is 1.38 bits per heavy atom. The van der Waals surface area contributed by atoms with Crippen molar-refractivity contribution in [2.45, 2.75) is 18.7 Å². The van der Waals surface area contributed by atoms with Gasteiger partial charge < -0.3 is 15.4 Å². The topological polar surface area (TPSA) is 136 Å². The molecule has 2 rings (SSSR count). The summed E-state index contributed by atoms with van der Waals surface area (Å²) in [5.74, 6) is -0.998. The number of carboxylic acids is 1. The highest BCUT2D eigenvalue weighted by Crippen LogP contribution is 2.26. The van der Waals surface area contributed by atoms with E-state index in [1.54, 1.807) is 0 Å². The van der Waals surface area contributed by atoms with Gasteiger partial charge in [-0.3, -0.25) is 4.72 Å². The lowest BCUT2D eigenvalue weighted by Gasteiger charge is -2.10. The average Bonchev–Trinajstić information content (AvgIpc) is 2.71. The Morgan fingerprint density at radius 2 is 2.05 bits per heavy atom. The molecule has 2 aromatic rings. The van der Waals surface area contributed by atoms with Gasteiger partial charge in [0.2, 0.25) is 0 Å². The fourth-order valence-electron chi connectivity index (χ4n) is 1.84. The molecule has 21 heavy (non-hydrogen) atoms. The summed E-state index contributed by atoms with van der Waals surface area (Å²) in [7, 11) is -3.92. The van der Waals surface area contributed by atoms with E-state index in [4.69, 9.17) is 15.4 Å². The first-order chi connectivity index (χ1) is 9.72. The maximum Gasteiger partial charge on any atom is 0.335 e. The highest BCUT2D eigenvalue weighted by Gasteiger charge is 2.25. The van der Waals surface area contributed by atoms with E-state index >= 15 is 0 Å². The fraction of sp³-hybridized carbons (Fsp3) is 0.167. The van der Waals surface area contributed by atoms with Crippen molar-refractivity contribution in [2.24, 2.45) is 0 Å². The summed E-state index contributed by atoms with van der Waals surface area (Å²) in [6, 6.07) is 3.71. The van der Waals surface area contributed by atoms with Gasteiger partial charge in [-0.1, -0.05) is 5.16 Å². The Kier molecular flexibility index (Phi) is 3.60. The van der Waals surface area contributed by atoms with Gasteiger partial charge in [0.1, 0.15) is 5.69 Å². The van der Waals surface area contributed by atoms with Crippen molar-refractivity contribution in [3.8, 4) is 0 Å². The molecule has 0 saturated carbocycles. The number of carboxylic acid groups (broad SMARTS) is 1. The number of anilines is 2. The lowest BCUT2D eigenvalue weighted by atomic mass is 10.2. The van der Waals surface area contributed by atoms with Crippen LogP contribution in [0.25, 0.3) is 0 Å². The molecule has 0 amide bonds. The minimum atomic E-state index is -3.92. The number of nitrogen functional groups attached to an aromatic ring is 1. The van der Waals surface area contributed by atoms with Crippen LogP contribution in [0.5, 0.6) is 0 Å². The largest absolute Gasteiger partial charge is 0.478 e. The quantitative estimate of drug-likeness (QED) is 0.725. The lowest BCUT2D eigenvalue weighted by molar-refractivity contribution is 0.0697. The van der Waals surface area contributed by atoms with Crippen molar-refractivity contribution in [2.75, 3.05) is 10.5 Å². The molecule has 0 aliphatic rings. The SMILES string of the molecule is Cc1noc(C)c1S(=O)(=O)Nc1ccc(C(=O)O)cc1N. The van der Waals surface area contributed by atoms with Gasteiger partial charge in [-0.2, -0.15) is 0 Å². The molecule has 0 spiro atoms.